The van der Waals surface area contributed by atoms with Gasteiger partial charge < -0.3 is 0 Å². The molecule has 0 saturated carbocycles. The molecule has 3 aromatic rings. The number of nitrogens with zero attached hydrogens (tertiary/aromatic N) is 1. The van der Waals surface area contributed by atoms with Crippen molar-refractivity contribution in [2.45, 2.75) is 11.8 Å². The number of anilines is 1. The molecule has 0 aliphatic rings. The molecule has 0 aliphatic carbocycles. The largest absolute Gasteiger partial charge is 0.298 e. The second kappa shape index (κ2) is 6.62. The van der Waals surface area contributed by atoms with Gasteiger partial charge in [0.15, 0.2) is 15.0 Å². The maximum atomic E-state index is 12.5. The number of hydrogen-bond donors (Lipinski definition) is 1. The van der Waals surface area contributed by atoms with Crippen LogP contribution in [-0.4, -0.2) is 25.1 Å². The van der Waals surface area contributed by atoms with E-state index in [0.717, 1.165) is 14.7 Å². The van der Waals surface area contributed by atoms with Gasteiger partial charge in [0.25, 0.3) is 5.91 Å². The highest BCUT2D eigenvalue weighted by Crippen LogP contribution is 2.29. The van der Waals surface area contributed by atoms with Crippen LogP contribution in [0.25, 0.3) is 10.2 Å². The van der Waals surface area contributed by atoms with Gasteiger partial charge in [-0.3, -0.25) is 10.1 Å². The first kappa shape index (κ1) is 17.1. The normalized spacial score (nSPS) is 11.6. The molecule has 1 aromatic heterocycles. The van der Waals surface area contributed by atoms with E-state index in [4.69, 9.17) is 0 Å². The van der Waals surface area contributed by atoms with Gasteiger partial charge in [-0.25, -0.2) is 13.4 Å². The van der Waals surface area contributed by atoms with Crippen molar-refractivity contribution in [1.82, 2.24) is 4.98 Å². The van der Waals surface area contributed by atoms with Gasteiger partial charge >= 0.3 is 0 Å². The molecule has 24 heavy (non-hydrogen) atoms. The summed E-state index contributed by atoms with van der Waals surface area (Å²) in [5.74, 6) is -0.548. The molecule has 0 bridgehead atoms. The van der Waals surface area contributed by atoms with E-state index >= 15 is 0 Å². The smallest absolute Gasteiger partial charge is 0.258 e. The summed E-state index contributed by atoms with van der Waals surface area (Å²) < 4.78 is 26.2. The summed E-state index contributed by atoms with van der Waals surface area (Å²) in [6.07, 6.45) is 0. The second-order valence-electron chi connectivity index (χ2n) is 4.98. The van der Waals surface area contributed by atoms with E-state index in [1.54, 1.807) is 19.1 Å². The number of fused-ring (bicyclic) bond motifs is 1. The quantitative estimate of drug-likeness (QED) is 0.683. The van der Waals surface area contributed by atoms with E-state index in [1.165, 1.54) is 23.5 Å². The minimum atomic E-state index is -3.48. The minimum Gasteiger partial charge on any atom is -0.298 e. The van der Waals surface area contributed by atoms with Crippen LogP contribution in [0.15, 0.2) is 51.8 Å². The summed E-state index contributed by atoms with van der Waals surface area (Å²) >= 11 is 4.72. The third kappa shape index (κ3) is 3.35. The zero-order valence-corrected chi connectivity index (χ0v) is 15.8. The van der Waals surface area contributed by atoms with Crippen LogP contribution in [0.2, 0.25) is 0 Å². The summed E-state index contributed by atoms with van der Waals surface area (Å²) in [4.78, 5) is 16.9. The molecule has 8 heteroatoms. The van der Waals surface area contributed by atoms with Crippen molar-refractivity contribution >= 4 is 58.4 Å². The zero-order chi connectivity index (χ0) is 17.3. The summed E-state index contributed by atoms with van der Waals surface area (Å²) in [6, 6.07) is 11.8. The topological polar surface area (TPSA) is 76.1 Å². The number of amides is 1. The van der Waals surface area contributed by atoms with Crippen LogP contribution in [0.3, 0.4) is 0 Å². The van der Waals surface area contributed by atoms with Crippen LogP contribution >= 0.6 is 27.3 Å². The van der Waals surface area contributed by atoms with E-state index < -0.39 is 15.7 Å². The second-order valence-corrected chi connectivity index (χ2v) is 9.18. The summed E-state index contributed by atoms with van der Waals surface area (Å²) in [5, 5.41) is 3.12. The highest BCUT2D eigenvalue weighted by Gasteiger charge is 2.21. The Labute approximate surface area is 151 Å². The SMILES string of the molecule is CCS(=O)(=O)c1ccccc1C(=O)Nc1nc2ccc(Br)cc2s1. The van der Waals surface area contributed by atoms with E-state index in [2.05, 4.69) is 26.2 Å². The first-order valence-electron chi connectivity index (χ1n) is 7.10. The summed E-state index contributed by atoms with van der Waals surface area (Å²) in [5.41, 5.74) is 0.896. The number of aromatic nitrogens is 1. The van der Waals surface area contributed by atoms with Crippen LogP contribution in [-0.2, 0) is 9.84 Å². The molecule has 0 atom stereocenters. The lowest BCUT2D eigenvalue weighted by Crippen LogP contribution is -2.17. The maximum Gasteiger partial charge on any atom is 0.258 e. The molecule has 0 radical (unpaired) electrons. The number of rotatable bonds is 4. The van der Waals surface area contributed by atoms with Gasteiger partial charge in [0.1, 0.15) is 0 Å². The van der Waals surface area contributed by atoms with Crippen molar-refractivity contribution in [3.8, 4) is 0 Å². The van der Waals surface area contributed by atoms with Crippen molar-refractivity contribution in [3.05, 3.63) is 52.5 Å². The number of carbonyl (C=O) groups is 1. The van der Waals surface area contributed by atoms with Crippen molar-refractivity contribution in [2.24, 2.45) is 0 Å². The third-order valence-corrected chi connectivity index (χ3v) is 6.63. The van der Waals surface area contributed by atoms with Crippen molar-refractivity contribution < 1.29 is 13.2 Å². The molecule has 2 aromatic carbocycles. The number of hydrogen-bond acceptors (Lipinski definition) is 5. The number of nitrogens with one attached hydrogen (secondary N) is 1. The van der Waals surface area contributed by atoms with Gasteiger partial charge in [-0.05, 0) is 30.3 Å². The zero-order valence-electron chi connectivity index (χ0n) is 12.6. The fourth-order valence-electron chi connectivity index (χ4n) is 2.20. The molecule has 0 fully saturated rings. The molecule has 5 nitrogen and oxygen atoms in total. The Kier molecular flexibility index (Phi) is 4.71. The number of halogens is 1. The van der Waals surface area contributed by atoms with E-state index in [1.807, 2.05) is 18.2 Å². The fraction of sp³-hybridized carbons (Fsp3) is 0.125. The van der Waals surface area contributed by atoms with Crippen LogP contribution < -0.4 is 5.32 Å². The van der Waals surface area contributed by atoms with Gasteiger partial charge in [0.05, 0.1) is 26.4 Å². The Morgan fingerprint density at radius 3 is 2.75 bits per heavy atom. The Bertz CT molecular complexity index is 1030. The van der Waals surface area contributed by atoms with Crippen LogP contribution in [0.4, 0.5) is 5.13 Å². The third-order valence-electron chi connectivity index (χ3n) is 3.42. The van der Waals surface area contributed by atoms with E-state index in [0.29, 0.717) is 5.13 Å². The molecule has 0 spiro atoms. The molecule has 3 rings (SSSR count). The number of carbonyl (C=O) groups excluding carboxylic acids is 1. The maximum absolute atomic E-state index is 12.5. The summed E-state index contributed by atoms with van der Waals surface area (Å²) in [7, 11) is -3.48. The summed E-state index contributed by atoms with van der Waals surface area (Å²) in [6.45, 7) is 1.55. The Morgan fingerprint density at radius 1 is 1.25 bits per heavy atom. The Balaban J connectivity index is 1.95. The Morgan fingerprint density at radius 2 is 2.00 bits per heavy atom. The lowest BCUT2D eigenvalue weighted by atomic mass is 10.2. The van der Waals surface area contributed by atoms with Crippen molar-refractivity contribution in [3.63, 3.8) is 0 Å². The molecule has 0 saturated heterocycles. The lowest BCUT2D eigenvalue weighted by Gasteiger charge is -2.08. The molecule has 124 valence electrons. The average molecular weight is 425 g/mol. The highest BCUT2D eigenvalue weighted by molar-refractivity contribution is 9.10. The minimum absolute atomic E-state index is 0.0360. The Hall–Kier alpha value is -1.77. The first-order chi connectivity index (χ1) is 11.4. The van der Waals surface area contributed by atoms with Gasteiger partial charge in [-0.15, -0.1) is 0 Å². The van der Waals surface area contributed by atoms with E-state index in [-0.39, 0.29) is 16.2 Å². The van der Waals surface area contributed by atoms with Gasteiger partial charge in [-0.1, -0.05) is 46.3 Å². The first-order valence-corrected chi connectivity index (χ1v) is 10.4. The standard InChI is InChI=1S/C16H13BrN2O3S2/c1-2-24(21,22)14-6-4-3-5-11(14)15(20)19-16-18-12-8-7-10(17)9-13(12)23-16/h3-9H,2H2,1H3,(H,18,19,20). The van der Waals surface area contributed by atoms with Crippen LogP contribution in [0, 0.1) is 0 Å². The predicted molar refractivity (Wildman–Crippen MR) is 99.4 cm³/mol. The molecule has 0 unspecified atom stereocenters. The number of benzene rings is 2. The van der Waals surface area contributed by atoms with E-state index in [9.17, 15) is 13.2 Å². The van der Waals surface area contributed by atoms with Crippen LogP contribution in [0.5, 0.6) is 0 Å². The molecular formula is C16H13BrN2O3S2. The monoisotopic (exact) mass is 424 g/mol. The molecule has 1 amide bonds. The van der Waals surface area contributed by atoms with Crippen molar-refractivity contribution in [2.75, 3.05) is 11.1 Å². The predicted octanol–water partition coefficient (Wildman–Crippen LogP) is 4.10. The number of sulfone groups is 1. The molecule has 0 aliphatic heterocycles. The van der Waals surface area contributed by atoms with Gasteiger partial charge in [0, 0.05) is 4.47 Å². The highest BCUT2D eigenvalue weighted by atomic mass is 79.9. The average Bonchev–Trinajstić information content (AvgIpc) is 2.96. The molecular weight excluding hydrogens is 412 g/mol. The van der Waals surface area contributed by atoms with Crippen LogP contribution in [0.1, 0.15) is 17.3 Å². The van der Waals surface area contributed by atoms with Gasteiger partial charge in [0.2, 0.25) is 0 Å². The molecule has 1 heterocycles. The van der Waals surface area contributed by atoms with Crippen molar-refractivity contribution in [1.29, 1.82) is 0 Å². The van der Waals surface area contributed by atoms with Gasteiger partial charge in [-0.2, -0.15) is 0 Å². The number of thiazole rings is 1. The molecule has 1 N–H and O–H groups in total. The fourth-order valence-corrected chi connectivity index (χ4v) is 4.70. The lowest BCUT2D eigenvalue weighted by molar-refractivity contribution is 0.102.